The second kappa shape index (κ2) is 6.21. The molecule has 0 aromatic rings. The van der Waals surface area contributed by atoms with Gasteiger partial charge in [-0.3, -0.25) is 4.79 Å². The van der Waals surface area contributed by atoms with Gasteiger partial charge in [-0.2, -0.15) is 0 Å². The van der Waals surface area contributed by atoms with E-state index in [1.807, 2.05) is 6.92 Å². The molecule has 1 amide bonds. The lowest BCUT2D eigenvalue weighted by Gasteiger charge is -2.29. The average molecular weight is 228 g/mol. The predicted molar refractivity (Wildman–Crippen MR) is 64.1 cm³/mol. The minimum absolute atomic E-state index is 0.108. The maximum Gasteiger partial charge on any atom is 0.220 e. The molecule has 0 radical (unpaired) electrons. The Morgan fingerprint density at radius 1 is 1.50 bits per heavy atom. The van der Waals surface area contributed by atoms with Crippen LogP contribution in [0, 0.1) is 5.92 Å². The topological polar surface area (TPSA) is 64.3 Å². The molecule has 16 heavy (non-hydrogen) atoms. The van der Waals surface area contributed by atoms with Crippen LogP contribution in [0.25, 0.3) is 0 Å². The van der Waals surface area contributed by atoms with Crippen LogP contribution in [0.1, 0.15) is 39.0 Å². The maximum atomic E-state index is 11.8. The summed E-state index contributed by atoms with van der Waals surface area (Å²) in [6.45, 7) is 3.20. The Morgan fingerprint density at radius 3 is 2.62 bits per heavy atom. The molecule has 4 heteroatoms. The fourth-order valence-corrected chi connectivity index (χ4v) is 2.44. The fourth-order valence-electron chi connectivity index (χ4n) is 2.44. The van der Waals surface area contributed by atoms with Crippen LogP contribution in [0.15, 0.2) is 0 Å². The first-order chi connectivity index (χ1) is 7.62. The number of nitrogens with one attached hydrogen (secondary N) is 1. The Balaban J connectivity index is 2.37. The standard InChI is InChI=1S/C12H24N2O2/c1-10(8-16-2)7-11(15)14-12(9-13)5-3-4-6-12/h10H,3-9,13H2,1-2H3,(H,14,15). The first-order valence-corrected chi connectivity index (χ1v) is 6.12. The van der Waals surface area contributed by atoms with Crippen molar-refractivity contribution in [2.24, 2.45) is 11.7 Å². The molecule has 1 fully saturated rings. The highest BCUT2D eigenvalue weighted by atomic mass is 16.5. The number of hydrogen-bond acceptors (Lipinski definition) is 3. The van der Waals surface area contributed by atoms with E-state index < -0.39 is 0 Å². The van der Waals surface area contributed by atoms with E-state index in [9.17, 15) is 4.79 Å². The van der Waals surface area contributed by atoms with Crippen LogP contribution in [-0.2, 0) is 9.53 Å². The third-order valence-corrected chi connectivity index (χ3v) is 3.34. The normalized spacial score (nSPS) is 20.7. The van der Waals surface area contributed by atoms with E-state index >= 15 is 0 Å². The molecule has 1 atom stereocenters. The van der Waals surface area contributed by atoms with Crippen LogP contribution < -0.4 is 11.1 Å². The van der Waals surface area contributed by atoms with Crippen LogP contribution >= 0.6 is 0 Å². The van der Waals surface area contributed by atoms with Gasteiger partial charge in [0.25, 0.3) is 0 Å². The molecule has 0 heterocycles. The van der Waals surface area contributed by atoms with Gasteiger partial charge < -0.3 is 15.8 Å². The molecular weight excluding hydrogens is 204 g/mol. The van der Waals surface area contributed by atoms with Gasteiger partial charge in [0.2, 0.25) is 5.91 Å². The van der Waals surface area contributed by atoms with Gasteiger partial charge in [0.05, 0.1) is 5.54 Å². The van der Waals surface area contributed by atoms with E-state index in [0.29, 0.717) is 19.6 Å². The summed E-state index contributed by atoms with van der Waals surface area (Å²) in [5, 5.41) is 3.11. The number of carbonyl (C=O) groups is 1. The minimum Gasteiger partial charge on any atom is -0.384 e. The number of hydrogen-bond donors (Lipinski definition) is 2. The van der Waals surface area contributed by atoms with Crippen molar-refractivity contribution in [3.8, 4) is 0 Å². The maximum absolute atomic E-state index is 11.8. The monoisotopic (exact) mass is 228 g/mol. The number of rotatable bonds is 6. The van der Waals surface area contributed by atoms with Crippen molar-refractivity contribution in [3.63, 3.8) is 0 Å². The van der Waals surface area contributed by atoms with E-state index in [4.69, 9.17) is 10.5 Å². The van der Waals surface area contributed by atoms with E-state index in [1.165, 1.54) is 12.8 Å². The molecule has 1 aliphatic carbocycles. The molecule has 1 unspecified atom stereocenters. The minimum atomic E-state index is -0.121. The van der Waals surface area contributed by atoms with Crippen molar-refractivity contribution in [1.29, 1.82) is 0 Å². The summed E-state index contributed by atoms with van der Waals surface area (Å²) in [5.41, 5.74) is 5.65. The van der Waals surface area contributed by atoms with Crippen LogP contribution in [-0.4, -0.2) is 31.7 Å². The zero-order chi connectivity index (χ0) is 12.0. The Hall–Kier alpha value is -0.610. The number of ether oxygens (including phenoxy) is 1. The SMILES string of the molecule is COCC(C)CC(=O)NC1(CN)CCCC1. The van der Waals surface area contributed by atoms with Crippen LogP contribution in [0.2, 0.25) is 0 Å². The number of nitrogens with two attached hydrogens (primary N) is 1. The third kappa shape index (κ3) is 3.76. The molecule has 3 N–H and O–H groups in total. The summed E-state index contributed by atoms with van der Waals surface area (Å²) < 4.78 is 5.02. The van der Waals surface area contributed by atoms with Gasteiger partial charge in [-0.05, 0) is 18.8 Å². The quantitative estimate of drug-likeness (QED) is 0.714. The first kappa shape index (κ1) is 13.5. The lowest BCUT2D eigenvalue weighted by molar-refractivity contribution is -0.124. The number of amides is 1. The Kier molecular flexibility index (Phi) is 5.22. The van der Waals surface area contributed by atoms with E-state index in [1.54, 1.807) is 7.11 Å². The van der Waals surface area contributed by atoms with E-state index in [0.717, 1.165) is 12.8 Å². The molecule has 0 saturated heterocycles. The van der Waals surface area contributed by atoms with Crippen molar-refractivity contribution >= 4 is 5.91 Å². The summed E-state index contributed by atoms with van der Waals surface area (Å²) in [4.78, 5) is 11.8. The van der Waals surface area contributed by atoms with Gasteiger partial charge in [0.15, 0.2) is 0 Å². The number of methoxy groups -OCH3 is 1. The van der Waals surface area contributed by atoms with Crippen molar-refractivity contribution in [2.75, 3.05) is 20.3 Å². The highest BCUT2D eigenvalue weighted by molar-refractivity contribution is 5.77. The Bertz CT molecular complexity index is 225. The molecule has 0 aliphatic heterocycles. The third-order valence-electron chi connectivity index (χ3n) is 3.34. The van der Waals surface area contributed by atoms with Crippen LogP contribution in [0.5, 0.6) is 0 Å². The van der Waals surface area contributed by atoms with Gasteiger partial charge >= 0.3 is 0 Å². The lowest BCUT2D eigenvalue weighted by Crippen LogP contribution is -2.52. The molecule has 0 bridgehead atoms. The molecule has 0 aromatic heterocycles. The Morgan fingerprint density at radius 2 is 2.12 bits per heavy atom. The second-order valence-electron chi connectivity index (χ2n) is 5.00. The molecular formula is C12H24N2O2. The summed E-state index contributed by atoms with van der Waals surface area (Å²) in [6.07, 6.45) is 4.91. The lowest BCUT2D eigenvalue weighted by atomic mass is 9.97. The highest BCUT2D eigenvalue weighted by Gasteiger charge is 2.33. The van der Waals surface area contributed by atoms with Crippen molar-refractivity contribution < 1.29 is 9.53 Å². The molecule has 4 nitrogen and oxygen atoms in total. The summed E-state index contributed by atoms with van der Waals surface area (Å²) in [5.74, 6) is 0.373. The molecule has 1 saturated carbocycles. The van der Waals surface area contributed by atoms with Crippen LogP contribution in [0.4, 0.5) is 0 Å². The first-order valence-electron chi connectivity index (χ1n) is 6.12. The largest absolute Gasteiger partial charge is 0.384 e. The van der Waals surface area contributed by atoms with Gasteiger partial charge in [0.1, 0.15) is 0 Å². The predicted octanol–water partition coefficient (Wildman–Crippen LogP) is 1.05. The van der Waals surface area contributed by atoms with E-state index in [-0.39, 0.29) is 17.4 Å². The summed E-state index contributed by atoms with van der Waals surface area (Å²) in [7, 11) is 1.66. The summed E-state index contributed by atoms with van der Waals surface area (Å²) >= 11 is 0. The van der Waals surface area contributed by atoms with Gasteiger partial charge in [-0.25, -0.2) is 0 Å². The zero-order valence-electron chi connectivity index (χ0n) is 10.4. The van der Waals surface area contributed by atoms with Crippen LogP contribution in [0.3, 0.4) is 0 Å². The zero-order valence-corrected chi connectivity index (χ0v) is 10.4. The van der Waals surface area contributed by atoms with E-state index in [2.05, 4.69) is 5.32 Å². The fraction of sp³-hybridized carbons (Fsp3) is 0.917. The molecule has 0 aromatic carbocycles. The molecule has 1 rings (SSSR count). The smallest absolute Gasteiger partial charge is 0.220 e. The van der Waals surface area contributed by atoms with Gasteiger partial charge in [-0.15, -0.1) is 0 Å². The molecule has 94 valence electrons. The Labute approximate surface area is 97.9 Å². The van der Waals surface area contributed by atoms with Crippen molar-refractivity contribution in [2.45, 2.75) is 44.6 Å². The van der Waals surface area contributed by atoms with Gasteiger partial charge in [-0.1, -0.05) is 19.8 Å². The van der Waals surface area contributed by atoms with Gasteiger partial charge in [0, 0.05) is 26.7 Å². The highest BCUT2D eigenvalue weighted by Crippen LogP contribution is 2.28. The number of carbonyl (C=O) groups excluding carboxylic acids is 1. The van der Waals surface area contributed by atoms with Crippen molar-refractivity contribution in [1.82, 2.24) is 5.32 Å². The molecule has 0 spiro atoms. The molecule has 1 aliphatic rings. The average Bonchev–Trinajstić information content (AvgIpc) is 2.67. The van der Waals surface area contributed by atoms with Crippen molar-refractivity contribution in [3.05, 3.63) is 0 Å². The second-order valence-corrected chi connectivity index (χ2v) is 5.00. The summed E-state index contributed by atoms with van der Waals surface area (Å²) in [6, 6.07) is 0.